The van der Waals surface area contributed by atoms with Crippen molar-refractivity contribution in [2.45, 2.75) is 39.2 Å². The molecule has 2 N–H and O–H groups in total. The first kappa shape index (κ1) is 15.1. The lowest BCUT2D eigenvalue weighted by Crippen LogP contribution is -2.20. The maximum Gasteiger partial charge on any atom is 0.0271 e. The summed E-state index contributed by atoms with van der Waals surface area (Å²) < 4.78 is 0. The number of aromatic nitrogens is 1. The van der Waals surface area contributed by atoms with Gasteiger partial charge >= 0.3 is 0 Å². The van der Waals surface area contributed by atoms with Crippen LogP contribution in [0.2, 0.25) is 0 Å². The second-order valence-corrected chi connectivity index (χ2v) is 5.09. The first-order chi connectivity index (χ1) is 8.76. The van der Waals surface area contributed by atoms with E-state index in [9.17, 15) is 0 Å². The van der Waals surface area contributed by atoms with Gasteiger partial charge in [0.15, 0.2) is 0 Å². The van der Waals surface area contributed by atoms with Crippen LogP contribution in [0.15, 0.2) is 24.5 Å². The van der Waals surface area contributed by atoms with Crippen LogP contribution in [0.1, 0.15) is 38.2 Å². The zero-order chi connectivity index (χ0) is 13.2. The Kier molecular flexibility index (Phi) is 7.62. The Bertz CT molecular complexity index is 300. The molecule has 0 radical (unpaired) electrons. The number of nitrogens with zero attached hydrogens (tertiary/aromatic N) is 2. The minimum atomic E-state index is 0.810. The Morgan fingerprint density at radius 1 is 1.28 bits per heavy atom. The molecule has 3 nitrogen and oxygen atoms in total. The Hall–Kier alpha value is -0.930. The number of hydrogen-bond donors (Lipinski definition) is 1. The van der Waals surface area contributed by atoms with E-state index in [2.05, 4.69) is 36.0 Å². The Labute approximate surface area is 111 Å². The fraction of sp³-hybridized carbons (Fsp3) is 0.667. The van der Waals surface area contributed by atoms with Gasteiger partial charge in [-0.05, 0) is 63.0 Å². The van der Waals surface area contributed by atoms with Crippen molar-refractivity contribution in [3.63, 3.8) is 0 Å². The SMILES string of the molecule is CCC(CCN)CCCN(C)Cc1ccncc1. The van der Waals surface area contributed by atoms with Crippen molar-refractivity contribution in [2.24, 2.45) is 11.7 Å². The topological polar surface area (TPSA) is 42.1 Å². The average Bonchev–Trinajstić information content (AvgIpc) is 2.39. The molecule has 1 atom stereocenters. The summed E-state index contributed by atoms with van der Waals surface area (Å²) >= 11 is 0. The van der Waals surface area contributed by atoms with Gasteiger partial charge < -0.3 is 10.6 Å². The van der Waals surface area contributed by atoms with Gasteiger partial charge in [-0.2, -0.15) is 0 Å². The lowest BCUT2D eigenvalue weighted by molar-refractivity contribution is 0.300. The molecular formula is C15H27N3. The van der Waals surface area contributed by atoms with Gasteiger partial charge in [-0.25, -0.2) is 0 Å². The first-order valence-corrected chi connectivity index (χ1v) is 7.03. The van der Waals surface area contributed by atoms with Gasteiger partial charge in [0.2, 0.25) is 0 Å². The van der Waals surface area contributed by atoms with Crippen LogP contribution in [0.5, 0.6) is 0 Å². The van der Waals surface area contributed by atoms with E-state index in [1.807, 2.05) is 12.4 Å². The highest BCUT2D eigenvalue weighted by Crippen LogP contribution is 2.15. The predicted octanol–water partition coefficient (Wildman–Crippen LogP) is 2.67. The van der Waals surface area contributed by atoms with Crippen molar-refractivity contribution >= 4 is 0 Å². The highest BCUT2D eigenvalue weighted by molar-refractivity contribution is 5.09. The van der Waals surface area contributed by atoms with E-state index in [1.54, 1.807) is 0 Å². The number of hydrogen-bond acceptors (Lipinski definition) is 3. The van der Waals surface area contributed by atoms with Crippen molar-refractivity contribution < 1.29 is 0 Å². The molecule has 0 aliphatic heterocycles. The molecule has 3 heteroatoms. The highest BCUT2D eigenvalue weighted by atomic mass is 15.1. The Balaban J connectivity index is 2.19. The summed E-state index contributed by atoms with van der Waals surface area (Å²) in [5.74, 6) is 0.810. The lowest BCUT2D eigenvalue weighted by atomic mass is 9.96. The maximum atomic E-state index is 5.62. The van der Waals surface area contributed by atoms with Crippen LogP contribution in [-0.4, -0.2) is 30.0 Å². The third-order valence-corrected chi connectivity index (χ3v) is 3.51. The largest absolute Gasteiger partial charge is 0.330 e. The fourth-order valence-electron chi connectivity index (χ4n) is 2.32. The molecule has 0 bridgehead atoms. The zero-order valence-corrected chi connectivity index (χ0v) is 11.8. The van der Waals surface area contributed by atoms with Crippen molar-refractivity contribution in [2.75, 3.05) is 20.1 Å². The van der Waals surface area contributed by atoms with Gasteiger partial charge in [0.25, 0.3) is 0 Å². The van der Waals surface area contributed by atoms with Crippen molar-refractivity contribution in [1.29, 1.82) is 0 Å². The van der Waals surface area contributed by atoms with E-state index in [0.29, 0.717) is 0 Å². The Morgan fingerprint density at radius 2 is 2.00 bits per heavy atom. The summed E-state index contributed by atoms with van der Waals surface area (Å²) in [6.07, 6.45) is 8.71. The van der Waals surface area contributed by atoms with E-state index in [1.165, 1.54) is 31.2 Å². The van der Waals surface area contributed by atoms with E-state index in [-0.39, 0.29) is 0 Å². The van der Waals surface area contributed by atoms with Crippen molar-refractivity contribution in [1.82, 2.24) is 9.88 Å². The van der Waals surface area contributed by atoms with E-state index in [4.69, 9.17) is 5.73 Å². The quantitative estimate of drug-likeness (QED) is 0.731. The number of rotatable bonds is 9. The van der Waals surface area contributed by atoms with Crippen LogP contribution in [0, 0.1) is 5.92 Å². The van der Waals surface area contributed by atoms with Gasteiger partial charge in [0.05, 0.1) is 0 Å². The molecule has 1 heterocycles. The van der Waals surface area contributed by atoms with Crippen molar-refractivity contribution in [3.05, 3.63) is 30.1 Å². The van der Waals surface area contributed by atoms with E-state index < -0.39 is 0 Å². The van der Waals surface area contributed by atoms with E-state index >= 15 is 0 Å². The summed E-state index contributed by atoms with van der Waals surface area (Å²) in [6.45, 7) is 5.26. The van der Waals surface area contributed by atoms with Crippen LogP contribution in [0.4, 0.5) is 0 Å². The zero-order valence-electron chi connectivity index (χ0n) is 11.8. The summed E-state index contributed by atoms with van der Waals surface area (Å²) in [4.78, 5) is 6.42. The van der Waals surface area contributed by atoms with Crippen molar-refractivity contribution in [3.8, 4) is 0 Å². The summed E-state index contributed by atoms with van der Waals surface area (Å²) in [7, 11) is 2.18. The number of pyridine rings is 1. The molecular weight excluding hydrogens is 222 g/mol. The van der Waals surface area contributed by atoms with Gasteiger partial charge in [0.1, 0.15) is 0 Å². The van der Waals surface area contributed by atoms with Gasteiger partial charge in [-0.1, -0.05) is 13.3 Å². The van der Waals surface area contributed by atoms with Gasteiger partial charge in [-0.3, -0.25) is 4.98 Å². The molecule has 18 heavy (non-hydrogen) atoms. The molecule has 1 rings (SSSR count). The fourth-order valence-corrected chi connectivity index (χ4v) is 2.32. The minimum Gasteiger partial charge on any atom is -0.330 e. The molecule has 0 aliphatic carbocycles. The normalized spacial score (nSPS) is 12.9. The summed E-state index contributed by atoms with van der Waals surface area (Å²) in [6, 6.07) is 4.17. The van der Waals surface area contributed by atoms with Gasteiger partial charge in [-0.15, -0.1) is 0 Å². The second kappa shape index (κ2) is 9.06. The molecule has 102 valence electrons. The van der Waals surface area contributed by atoms with Crippen LogP contribution in [-0.2, 0) is 6.54 Å². The molecule has 1 aromatic rings. The van der Waals surface area contributed by atoms with E-state index in [0.717, 1.165) is 25.6 Å². The second-order valence-electron chi connectivity index (χ2n) is 5.09. The molecule has 0 fully saturated rings. The molecule has 0 aliphatic rings. The molecule has 0 spiro atoms. The third kappa shape index (κ3) is 6.12. The molecule has 0 amide bonds. The Morgan fingerprint density at radius 3 is 2.61 bits per heavy atom. The average molecular weight is 249 g/mol. The molecule has 0 aromatic carbocycles. The lowest BCUT2D eigenvalue weighted by Gasteiger charge is -2.19. The predicted molar refractivity (Wildman–Crippen MR) is 77.3 cm³/mol. The highest BCUT2D eigenvalue weighted by Gasteiger charge is 2.06. The standard InChI is InChI=1S/C15H27N3/c1-3-14(6-9-16)5-4-12-18(2)13-15-7-10-17-11-8-15/h7-8,10-11,14H,3-6,9,12-13,16H2,1-2H3. The number of nitrogens with two attached hydrogens (primary N) is 1. The molecule has 1 aromatic heterocycles. The monoisotopic (exact) mass is 249 g/mol. The summed E-state index contributed by atoms with van der Waals surface area (Å²) in [5.41, 5.74) is 6.96. The smallest absolute Gasteiger partial charge is 0.0271 e. The van der Waals surface area contributed by atoms with Crippen LogP contribution >= 0.6 is 0 Å². The molecule has 1 unspecified atom stereocenters. The van der Waals surface area contributed by atoms with Crippen LogP contribution in [0.25, 0.3) is 0 Å². The minimum absolute atomic E-state index is 0.810. The van der Waals surface area contributed by atoms with Crippen LogP contribution in [0.3, 0.4) is 0 Å². The maximum absolute atomic E-state index is 5.62. The third-order valence-electron chi connectivity index (χ3n) is 3.51. The first-order valence-electron chi connectivity index (χ1n) is 7.03. The van der Waals surface area contributed by atoms with Crippen LogP contribution < -0.4 is 5.73 Å². The molecule has 0 saturated carbocycles. The summed E-state index contributed by atoms with van der Waals surface area (Å²) in [5, 5.41) is 0. The molecule has 0 saturated heterocycles. The van der Waals surface area contributed by atoms with Gasteiger partial charge in [0, 0.05) is 18.9 Å².